The number of fused-ring (bicyclic) bond motifs is 4. The summed E-state index contributed by atoms with van der Waals surface area (Å²) in [5.41, 5.74) is 5.14. The van der Waals surface area contributed by atoms with Gasteiger partial charge in [0.05, 0.1) is 33.8 Å². The lowest BCUT2D eigenvalue weighted by Gasteiger charge is -2.24. The second-order valence-electron chi connectivity index (χ2n) is 9.18. The van der Waals surface area contributed by atoms with Gasteiger partial charge in [0.15, 0.2) is 11.5 Å². The maximum absolute atomic E-state index is 12.9. The van der Waals surface area contributed by atoms with Crippen LogP contribution in [0.3, 0.4) is 0 Å². The molecule has 188 valence electrons. The monoisotopic (exact) mass is 489 g/mol. The Morgan fingerprint density at radius 2 is 1.92 bits per heavy atom. The Bertz CT molecular complexity index is 1340. The van der Waals surface area contributed by atoms with Gasteiger partial charge in [-0.3, -0.25) is 9.59 Å². The van der Waals surface area contributed by atoms with Gasteiger partial charge in [0.25, 0.3) is 0 Å². The molecule has 0 unspecified atom stereocenters. The molecule has 1 aliphatic carbocycles. The number of rotatable bonds is 7. The van der Waals surface area contributed by atoms with E-state index in [1.54, 1.807) is 32.4 Å². The fourth-order valence-electron chi connectivity index (χ4n) is 5.16. The van der Waals surface area contributed by atoms with Crippen LogP contribution in [0.4, 0.5) is 0 Å². The minimum absolute atomic E-state index is 0.0606. The Balaban J connectivity index is 1.25. The minimum atomic E-state index is -0.0737. The number of carbonyl (C=O) groups is 2. The van der Waals surface area contributed by atoms with Crippen LogP contribution in [0.1, 0.15) is 47.7 Å². The summed E-state index contributed by atoms with van der Waals surface area (Å²) in [4.78, 5) is 30.9. The second kappa shape index (κ2) is 9.97. The topological polar surface area (TPSA) is 92.9 Å². The molecule has 2 aliphatic rings. The van der Waals surface area contributed by atoms with Crippen LogP contribution in [0.5, 0.6) is 17.2 Å². The molecule has 3 aromatic rings. The molecule has 8 nitrogen and oxygen atoms in total. The number of methoxy groups -OCH3 is 3. The third-order valence-electron chi connectivity index (χ3n) is 7.07. The van der Waals surface area contributed by atoms with Gasteiger partial charge in [0.2, 0.25) is 11.8 Å². The van der Waals surface area contributed by atoms with E-state index in [0.29, 0.717) is 18.0 Å². The van der Waals surface area contributed by atoms with E-state index in [-0.39, 0.29) is 30.7 Å². The fraction of sp³-hybridized carbons (Fsp3) is 0.357. The van der Waals surface area contributed by atoms with E-state index in [1.807, 2.05) is 30.3 Å². The van der Waals surface area contributed by atoms with Crippen LogP contribution < -0.4 is 19.5 Å². The van der Waals surface area contributed by atoms with Crippen molar-refractivity contribution in [3.8, 4) is 17.2 Å². The molecule has 2 N–H and O–H groups in total. The first kappa shape index (κ1) is 23.8. The van der Waals surface area contributed by atoms with Crippen LogP contribution in [0.15, 0.2) is 36.5 Å². The standard InChI is InChI=1S/C28H31N3O5/c1-34-19-7-8-22-21(16-19)20-5-4-6-23(28(20)30-22)29-26(32)10-12-31-11-9-17-13-24(35-2)25(36-3)14-18(17)15-27(31)33/h7-9,11,13-14,16,23,30H,4-6,10,12,15H2,1-3H3,(H,29,32)/t23-/m1/s1. The van der Waals surface area contributed by atoms with Gasteiger partial charge in [0.1, 0.15) is 5.75 Å². The first-order chi connectivity index (χ1) is 17.5. The molecule has 2 aromatic carbocycles. The maximum atomic E-state index is 12.9. The van der Waals surface area contributed by atoms with Gasteiger partial charge in [-0.05, 0) is 72.4 Å². The molecule has 2 heterocycles. The smallest absolute Gasteiger partial charge is 0.230 e. The van der Waals surface area contributed by atoms with Crippen molar-refractivity contribution in [2.45, 2.75) is 38.1 Å². The van der Waals surface area contributed by atoms with E-state index in [4.69, 9.17) is 14.2 Å². The van der Waals surface area contributed by atoms with Gasteiger partial charge in [-0.25, -0.2) is 0 Å². The molecule has 0 saturated carbocycles. The fourth-order valence-corrected chi connectivity index (χ4v) is 5.16. The maximum Gasteiger partial charge on any atom is 0.230 e. The number of nitrogens with zero attached hydrogens (tertiary/aromatic N) is 1. The number of aromatic amines is 1. The third-order valence-corrected chi connectivity index (χ3v) is 7.07. The summed E-state index contributed by atoms with van der Waals surface area (Å²) < 4.78 is 16.2. The van der Waals surface area contributed by atoms with Gasteiger partial charge >= 0.3 is 0 Å². The highest BCUT2D eigenvalue weighted by molar-refractivity contribution is 5.87. The van der Waals surface area contributed by atoms with Crippen molar-refractivity contribution in [3.63, 3.8) is 0 Å². The summed E-state index contributed by atoms with van der Waals surface area (Å²) in [6.07, 6.45) is 6.93. The van der Waals surface area contributed by atoms with Crippen LogP contribution >= 0.6 is 0 Å². The van der Waals surface area contributed by atoms with Crippen LogP contribution in [0.25, 0.3) is 17.0 Å². The van der Waals surface area contributed by atoms with Crippen molar-refractivity contribution in [1.29, 1.82) is 0 Å². The lowest BCUT2D eigenvalue weighted by molar-refractivity contribution is -0.128. The van der Waals surface area contributed by atoms with E-state index in [0.717, 1.165) is 52.7 Å². The Labute approximate surface area is 210 Å². The van der Waals surface area contributed by atoms with Crippen molar-refractivity contribution in [2.24, 2.45) is 0 Å². The van der Waals surface area contributed by atoms with Gasteiger partial charge in [-0.1, -0.05) is 0 Å². The zero-order chi connectivity index (χ0) is 25.2. The summed E-state index contributed by atoms with van der Waals surface area (Å²) in [5.74, 6) is 1.89. The first-order valence-electron chi connectivity index (χ1n) is 12.2. The quantitative estimate of drug-likeness (QED) is 0.521. The van der Waals surface area contributed by atoms with E-state index in [1.165, 1.54) is 5.56 Å². The van der Waals surface area contributed by atoms with Crippen molar-refractivity contribution >= 4 is 28.8 Å². The summed E-state index contributed by atoms with van der Waals surface area (Å²) in [7, 11) is 4.83. The van der Waals surface area contributed by atoms with E-state index in [2.05, 4.69) is 16.4 Å². The Kier molecular flexibility index (Phi) is 6.59. The van der Waals surface area contributed by atoms with Crippen LogP contribution in [-0.2, 0) is 22.4 Å². The Hall–Kier alpha value is -3.94. The van der Waals surface area contributed by atoms with E-state index >= 15 is 0 Å². The number of aromatic nitrogens is 1. The van der Waals surface area contributed by atoms with Crippen molar-refractivity contribution in [1.82, 2.24) is 15.2 Å². The highest BCUT2D eigenvalue weighted by atomic mass is 16.5. The second-order valence-corrected chi connectivity index (χ2v) is 9.18. The number of H-pyrrole nitrogens is 1. The van der Waals surface area contributed by atoms with Crippen molar-refractivity contribution in [3.05, 3.63) is 58.9 Å². The van der Waals surface area contributed by atoms with E-state index in [9.17, 15) is 9.59 Å². The zero-order valence-corrected chi connectivity index (χ0v) is 20.8. The van der Waals surface area contributed by atoms with Crippen LogP contribution in [-0.4, -0.2) is 49.6 Å². The number of hydrogen-bond acceptors (Lipinski definition) is 5. The lowest BCUT2D eigenvalue weighted by Crippen LogP contribution is -2.35. The normalized spacial score (nSPS) is 16.8. The zero-order valence-electron chi connectivity index (χ0n) is 20.8. The molecule has 2 amide bonds. The molecule has 36 heavy (non-hydrogen) atoms. The average Bonchev–Trinajstić information content (AvgIpc) is 3.19. The number of amides is 2. The molecule has 0 radical (unpaired) electrons. The molecule has 8 heteroatoms. The van der Waals surface area contributed by atoms with Crippen LogP contribution in [0, 0.1) is 0 Å². The minimum Gasteiger partial charge on any atom is -0.497 e. The largest absolute Gasteiger partial charge is 0.497 e. The highest BCUT2D eigenvalue weighted by Crippen LogP contribution is 2.36. The van der Waals surface area contributed by atoms with Crippen molar-refractivity contribution in [2.75, 3.05) is 27.9 Å². The number of carbonyl (C=O) groups excluding carboxylic acids is 2. The predicted molar refractivity (Wildman–Crippen MR) is 137 cm³/mol. The molecule has 0 saturated heterocycles. The number of aryl methyl sites for hydroxylation is 1. The Morgan fingerprint density at radius 3 is 2.69 bits per heavy atom. The van der Waals surface area contributed by atoms with Gasteiger partial charge in [-0.15, -0.1) is 0 Å². The number of nitrogens with one attached hydrogen (secondary N) is 2. The van der Waals surface area contributed by atoms with Crippen molar-refractivity contribution < 1.29 is 23.8 Å². The lowest BCUT2D eigenvalue weighted by atomic mass is 9.91. The summed E-state index contributed by atoms with van der Waals surface area (Å²) in [6.45, 7) is 0.312. The summed E-state index contributed by atoms with van der Waals surface area (Å²) in [5, 5.41) is 4.33. The third kappa shape index (κ3) is 4.51. The molecule has 1 aromatic heterocycles. The number of hydrogen-bond donors (Lipinski definition) is 2. The molecule has 0 bridgehead atoms. The number of benzene rings is 2. The van der Waals surface area contributed by atoms with Crippen LogP contribution in [0.2, 0.25) is 0 Å². The summed E-state index contributed by atoms with van der Waals surface area (Å²) in [6, 6.07) is 9.64. The van der Waals surface area contributed by atoms with E-state index < -0.39 is 0 Å². The average molecular weight is 490 g/mol. The summed E-state index contributed by atoms with van der Waals surface area (Å²) >= 11 is 0. The molecule has 0 fully saturated rings. The van der Waals surface area contributed by atoms with Gasteiger partial charge in [0, 0.05) is 35.8 Å². The molecule has 1 aliphatic heterocycles. The number of ether oxygens (including phenoxy) is 3. The molecule has 0 spiro atoms. The highest BCUT2D eigenvalue weighted by Gasteiger charge is 2.26. The SMILES string of the molecule is COc1ccc2[nH]c3c(c2c1)CCC[C@H]3NC(=O)CCN1C=Cc2cc(OC)c(OC)cc2CC1=O. The van der Waals surface area contributed by atoms with Gasteiger partial charge in [-0.2, -0.15) is 0 Å². The predicted octanol–water partition coefficient (Wildman–Crippen LogP) is 4.13. The molecular formula is C28H31N3O5. The molecular weight excluding hydrogens is 458 g/mol. The first-order valence-corrected chi connectivity index (χ1v) is 12.2. The van der Waals surface area contributed by atoms with Gasteiger partial charge < -0.3 is 29.4 Å². The molecule has 5 rings (SSSR count). The molecule has 1 atom stereocenters. The Morgan fingerprint density at radius 1 is 1.11 bits per heavy atom.